The van der Waals surface area contributed by atoms with Crippen molar-refractivity contribution in [1.29, 1.82) is 0 Å². The van der Waals surface area contributed by atoms with Crippen molar-refractivity contribution in [3.63, 3.8) is 0 Å². The SMILES string of the molecule is O=C(O)CCCCC(=O)c1cc(Cl)c(Br)cc1F. The van der Waals surface area contributed by atoms with Crippen LogP contribution < -0.4 is 0 Å². The monoisotopic (exact) mass is 336 g/mol. The molecule has 0 saturated heterocycles. The van der Waals surface area contributed by atoms with E-state index in [-0.39, 0.29) is 29.2 Å². The molecule has 0 saturated carbocycles. The number of Topliss-reactive ketones (excluding diaryl/α,β-unsaturated/α-hetero) is 1. The third kappa shape index (κ3) is 4.38. The molecule has 0 aliphatic rings. The van der Waals surface area contributed by atoms with E-state index in [2.05, 4.69) is 15.9 Å². The van der Waals surface area contributed by atoms with Gasteiger partial charge in [-0.25, -0.2) is 4.39 Å². The van der Waals surface area contributed by atoms with Gasteiger partial charge in [-0.2, -0.15) is 0 Å². The zero-order valence-corrected chi connectivity index (χ0v) is 11.7. The Balaban J connectivity index is 2.62. The Bertz CT molecular complexity index is 477. The number of rotatable bonds is 6. The Morgan fingerprint density at radius 3 is 2.50 bits per heavy atom. The topological polar surface area (TPSA) is 54.4 Å². The summed E-state index contributed by atoms with van der Waals surface area (Å²) in [6.45, 7) is 0. The summed E-state index contributed by atoms with van der Waals surface area (Å²) in [5.74, 6) is -1.90. The van der Waals surface area contributed by atoms with Crippen LogP contribution >= 0.6 is 27.5 Å². The van der Waals surface area contributed by atoms with Crippen molar-refractivity contribution in [3.8, 4) is 0 Å². The highest BCUT2D eigenvalue weighted by molar-refractivity contribution is 9.10. The van der Waals surface area contributed by atoms with Gasteiger partial charge in [0.25, 0.3) is 0 Å². The molecule has 0 spiro atoms. The maximum Gasteiger partial charge on any atom is 0.303 e. The number of carbonyl (C=O) groups is 2. The Morgan fingerprint density at radius 1 is 1.28 bits per heavy atom. The van der Waals surface area contributed by atoms with Crippen molar-refractivity contribution < 1.29 is 19.1 Å². The zero-order valence-electron chi connectivity index (χ0n) is 9.38. The van der Waals surface area contributed by atoms with E-state index < -0.39 is 11.8 Å². The molecular formula is C12H11BrClFO3. The number of aliphatic carboxylic acids is 1. The quantitative estimate of drug-likeness (QED) is 0.483. The fourth-order valence-corrected chi connectivity index (χ4v) is 1.91. The highest BCUT2D eigenvalue weighted by atomic mass is 79.9. The van der Waals surface area contributed by atoms with E-state index in [9.17, 15) is 14.0 Å². The summed E-state index contributed by atoms with van der Waals surface area (Å²) in [6, 6.07) is 2.42. The molecule has 1 aromatic carbocycles. The third-order valence-corrected chi connectivity index (χ3v) is 3.55. The minimum atomic E-state index is -0.902. The van der Waals surface area contributed by atoms with Crippen LogP contribution in [0.25, 0.3) is 0 Å². The maximum absolute atomic E-state index is 13.5. The number of carboxylic acid groups (broad SMARTS) is 1. The van der Waals surface area contributed by atoms with Crippen LogP contribution in [0.5, 0.6) is 0 Å². The first-order valence-electron chi connectivity index (χ1n) is 5.31. The van der Waals surface area contributed by atoms with E-state index in [1.807, 2.05) is 0 Å². The molecule has 0 heterocycles. The van der Waals surface area contributed by atoms with Crippen LogP contribution in [0.3, 0.4) is 0 Å². The lowest BCUT2D eigenvalue weighted by Crippen LogP contribution is -2.03. The van der Waals surface area contributed by atoms with E-state index in [4.69, 9.17) is 16.7 Å². The van der Waals surface area contributed by atoms with Crippen molar-refractivity contribution in [2.75, 3.05) is 0 Å². The van der Waals surface area contributed by atoms with Gasteiger partial charge in [0.15, 0.2) is 5.78 Å². The third-order valence-electron chi connectivity index (χ3n) is 2.35. The molecule has 0 aliphatic heterocycles. The summed E-state index contributed by atoms with van der Waals surface area (Å²) < 4.78 is 13.9. The summed E-state index contributed by atoms with van der Waals surface area (Å²) in [5.41, 5.74) is -0.0569. The highest BCUT2D eigenvalue weighted by Crippen LogP contribution is 2.26. The number of unbranched alkanes of at least 4 members (excludes halogenated alkanes) is 1. The summed E-state index contributed by atoms with van der Waals surface area (Å²) in [7, 11) is 0. The minimum Gasteiger partial charge on any atom is -0.481 e. The van der Waals surface area contributed by atoms with Crippen LogP contribution in [0.4, 0.5) is 4.39 Å². The molecule has 1 N–H and O–H groups in total. The van der Waals surface area contributed by atoms with Gasteiger partial charge in [-0.15, -0.1) is 0 Å². The van der Waals surface area contributed by atoms with E-state index in [1.165, 1.54) is 6.07 Å². The lowest BCUT2D eigenvalue weighted by Gasteiger charge is -2.04. The van der Waals surface area contributed by atoms with Crippen LogP contribution in [0.2, 0.25) is 5.02 Å². The molecule has 1 aromatic rings. The predicted octanol–water partition coefficient (Wildman–Crippen LogP) is 4.07. The second-order valence-corrected chi connectivity index (χ2v) is 5.03. The fraction of sp³-hybridized carbons (Fsp3) is 0.333. The average Bonchev–Trinajstić information content (AvgIpc) is 2.28. The van der Waals surface area contributed by atoms with Crippen molar-refractivity contribution in [2.45, 2.75) is 25.7 Å². The van der Waals surface area contributed by atoms with Gasteiger partial charge in [-0.1, -0.05) is 11.6 Å². The number of benzene rings is 1. The van der Waals surface area contributed by atoms with Gasteiger partial charge in [0, 0.05) is 17.3 Å². The van der Waals surface area contributed by atoms with Gasteiger partial charge in [0.05, 0.1) is 10.6 Å². The Kier molecular flexibility index (Phi) is 5.75. The summed E-state index contributed by atoms with van der Waals surface area (Å²) in [6.07, 6.45) is 0.935. The molecule has 1 rings (SSSR count). The standard InChI is InChI=1S/C12H11BrClFO3/c13-8-6-10(15)7(5-9(8)14)11(16)3-1-2-4-12(17)18/h5-6H,1-4H2,(H,17,18). The second-order valence-electron chi connectivity index (χ2n) is 3.77. The van der Waals surface area contributed by atoms with E-state index in [1.54, 1.807) is 0 Å². The number of ketones is 1. The van der Waals surface area contributed by atoms with Crippen LogP contribution in [0, 0.1) is 5.82 Å². The molecule has 6 heteroatoms. The molecule has 0 bridgehead atoms. The summed E-state index contributed by atoms with van der Waals surface area (Å²) in [5, 5.41) is 8.71. The van der Waals surface area contributed by atoms with Crippen LogP contribution in [0.15, 0.2) is 16.6 Å². The van der Waals surface area contributed by atoms with Gasteiger partial charge in [0.2, 0.25) is 0 Å². The summed E-state index contributed by atoms with van der Waals surface area (Å²) in [4.78, 5) is 22.0. The molecule has 0 fully saturated rings. The van der Waals surface area contributed by atoms with Gasteiger partial charge >= 0.3 is 5.97 Å². The number of halogens is 3. The molecule has 0 unspecified atom stereocenters. The lowest BCUT2D eigenvalue weighted by molar-refractivity contribution is -0.137. The van der Waals surface area contributed by atoms with Gasteiger partial charge in [-0.3, -0.25) is 9.59 Å². The number of hydrogen-bond donors (Lipinski definition) is 1. The van der Waals surface area contributed by atoms with Crippen molar-refractivity contribution >= 4 is 39.3 Å². The minimum absolute atomic E-state index is 0.0108. The Labute approximate surface area is 117 Å². The molecule has 0 aromatic heterocycles. The van der Waals surface area contributed by atoms with Crippen LogP contribution in [0.1, 0.15) is 36.0 Å². The van der Waals surface area contributed by atoms with Crippen LogP contribution in [-0.4, -0.2) is 16.9 Å². The number of carbonyl (C=O) groups excluding carboxylic acids is 1. The number of hydrogen-bond acceptors (Lipinski definition) is 2. The first-order chi connectivity index (χ1) is 8.41. The van der Waals surface area contributed by atoms with Crippen molar-refractivity contribution in [3.05, 3.63) is 33.0 Å². The average molecular weight is 338 g/mol. The molecule has 18 heavy (non-hydrogen) atoms. The molecule has 3 nitrogen and oxygen atoms in total. The first-order valence-corrected chi connectivity index (χ1v) is 6.48. The predicted molar refractivity (Wildman–Crippen MR) is 69.5 cm³/mol. The Morgan fingerprint density at radius 2 is 1.89 bits per heavy atom. The molecule has 0 atom stereocenters. The maximum atomic E-state index is 13.5. The highest BCUT2D eigenvalue weighted by Gasteiger charge is 2.14. The molecule has 0 radical (unpaired) electrons. The molecule has 0 aliphatic carbocycles. The lowest BCUT2D eigenvalue weighted by atomic mass is 10.0. The largest absolute Gasteiger partial charge is 0.481 e. The van der Waals surface area contributed by atoms with E-state index >= 15 is 0 Å². The van der Waals surface area contributed by atoms with Crippen LogP contribution in [-0.2, 0) is 4.79 Å². The normalized spacial score (nSPS) is 10.4. The summed E-state index contributed by atoms with van der Waals surface area (Å²) >= 11 is 8.85. The van der Waals surface area contributed by atoms with Crippen molar-refractivity contribution in [2.24, 2.45) is 0 Å². The van der Waals surface area contributed by atoms with Gasteiger partial charge in [0.1, 0.15) is 5.82 Å². The van der Waals surface area contributed by atoms with E-state index in [0.717, 1.165) is 6.07 Å². The zero-order chi connectivity index (χ0) is 13.7. The molecular weight excluding hydrogens is 326 g/mol. The van der Waals surface area contributed by atoms with Gasteiger partial charge in [-0.05, 0) is 40.9 Å². The Hall–Kier alpha value is -0.940. The smallest absolute Gasteiger partial charge is 0.303 e. The van der Waals surface area contributed by atoms with Gasteiger partial charge < -0.3 is 5.11 Å². The molecule has 0 amide bonds. The first kappa shape index (κ1) is 15.1. The van der Waals surface area contributed by atoms with Crippen molar-refractivity contribution in [1.82, 2.24) is 0 Å². The fourth-order valence-electron chi connectivity index (χ4n) is 1.43. The second kappa shape index (κ2) is 6.85. The molecule has 98 valence electrons. The van der Waals surface area contributed by atoms with E-state index in [0.29, 0.717) is 17.3 Å². The number of carboxylic acids is 1.